The second-order valence-corrected chi connectivity index (χ2v) is 4.40. The minimum absolute atomic E-state index is 0.0145. The topological polar surface area (TPSA) is 29.1 Å². The van der Waals surface area contributed by atoms with Gasteiger partial charge in [-0.2, -0.15) is 13.2 Å². The van der Waals surface area contributed by atoms with Crippen LogP contribution in [0.5, 0.6) is 0 Å². The number of benzene rings is 1. The van der Waals surface area contributed by atoms with Gasteiger partial charge in [-0.15, -0.1) is 0 Å². The first-order valence-corrected chi connectivity index (χ1v) is 5.74. The van der Waals surface area contributed by atoms with Gasteiger partial charge in [0.15, 0.2) is 0 Å². The van der Waals surface area contributed by atoms with Crippen molar-refractivity contribution < 1.29 is 18.0 Å². The number of carbonyl (C=O) groups is 1. The maximum Gasteiger partial charge on any atom is 0.471 e. The summed E-state index contributed by atoms with van der Waals surface area (Å²) in [4.78, 5) is 10.6. The molecule has 0 aliphatic carbocycles. The van der Waals surface area contributed by atoms with Crippen LogP contribution in [0.4, 0.5) is 13.2 Å². The van der Waals surface area contributed by atoms with Gasteiger partial charge in [-0.05, 0) is 23.5 Å². The van der Waals surface area contributed by atoms with E-state index in [9.17, 15) is 18.0 Å². The van der Waals surface area contributed by atoms with Crippen LogP contribution in [0.15, 0.2) is 24.3 Å². The molecule has 0 saturated heterocycles. The molecule has 2 nitrogen and oxygen atoms in total. The molecule has 0 aliphatic heterocycles. The van der Waals surface area contributed by atoms with Crippen LogP contribution >= 0.6 is 0 Å². The Bertz CT molecular complexity index is 396. The SMILES string of the molecule is CC(C)c1ccc(CCNC(=O)C(F)(F)F)cc1. The summed E-state index contributed by atoms with van der Waals surface area (Å²) >= 11 is 0. The highest BCUT2D eigenvalue weighted by atomic mass is 19.4. The average Bonchev–Trinajstić information content (AvgIpc) is 2.28. The number of hydrogen-bond donors (Lipinski definition) is 1. The largest absolute Gasteiger partial charge is 0.471 e. The van der Waals surface area contributed by atoms with Crippen molar-refractivity contribution in [1.82, 2.24) is 5.32 Å². The molecule has 18 heavy (non-hydrogen) atoms. The van der Waals surface area contributed by atoms with Gasteiger partial charge in [-0.1, -0.05) is 38.1 Å². The van der Waals surface area contributed by atoms with E-state index in [0.717, 1.165) is 5.56 Å². The maximum absolute atomic E-state index is 11.9. The van der Waals surface area contributed by atoms with Crippen molar-refractivity contribution in [3.63, 3.8) is 0 Å². The van der Waals surface area contributed by atoms with E-state index < -0.39 is 12.1 Å². The molecule has 100 valence electrons. The van der Waals surface area contributed by atoms with Gasteiger partial charge in [0, 0.05) is 6.54 Å². The molecule has 0 radical (unpaired) electrons. The smallest absolute Gasteiger partial charge is 0.348 e. The van der Waals surface area contributed by atoms with Gasteiger partial charge in [0.2, 0.25) is 0 Å². The Morgan fingerprint density at radius 2 is 1.78 bits per heavy atom. The normalized spacial score (nSPS) is 11.7. The molecule has 0 saturated carbocycles. The first-order chi connectivity index (χ1) is 8.30. The van der Waals surface area contributed by atoms with Crippen LogP contribution < -0.4 is 5.32 Å². The molecule has 0 bridgehead atoms. The highest BCUT2D eigenvalue weighted by Crippen LogP contribution is 2.15. The zero-order valence-corrected chi connectivity index (χ0v) is 10.3. The molecule has 1 N–H and O–H groups in total. The molecule has 1 aromatic carbocycles. The Kier molecular flexibility index (Phi) is 4.76. The molecule has 1 aromatic rings. The molecule has 5 heteroatoms. The number of halogens is 3. The van der Waals surface area contributed by atoms with Gasteiger partial charge in [0.05, 0.1) is 0 Å². The monoisotopic (exact) mass is 259 g/mol. The number of rotatable bonds is 4. The van der Waals surface area contributed by atoms with Crippen LogP contribution in [0.1, 0.15) is 30.9 Å². The zero-order chi connectivity index (χ0) is 13.8. The minimum atomic E-state index is -4.80. The summed E-state index contributed by atoms with van der Waals surface area (Å²) < 4.78 is 35.7. The summed E-state index contributed by atoms with van der Waals surface area (Å²) in [5.41, 5.74) is 2.08. The lowest BCUT2D eigenvalue weighted by atomic mass is 10.0. The molecule has 0 fully saturated rings. The van der Waals surface area contributed by atoms with E-state index in [4.69, 9.17) is 0 Å². The summed E-state index contributed by atoms with van der Waals surface area (Å²) in [6.07, 6.45) is -4.41. The second-order valence-electron chi connectivity index (χ2n) is 4.40. The zero-order valence-electron chi connectivity index (χ0n) is 10.3. The van der Waals surface area contributed by atoms with Crippen LogP contribution in [0.3, 0.4) is 0 Å². The second kappa shape index (κ2) is 5.89. The number of carbonyl (C=O) groups excluding carboxylic acids is 1. The highest BCUT2D eigenvalue weighted by molar-refractivity contribution is 5.81. The first-order valence-electron chi connectivity index (χ1n) is 5.74. The molecule has 0 spiro atoms. The molecular weight excluding hydrogens is 243 g/mol. The van der Waals surface area contributed by atoms with Gasteiger partial charge in [0.1, 0.15) is 0 Å². The molecule has 1 rings (SSSR count). The van der Waals surface area contributed by atoms with Crippen LogP contribution in [-0.2, 0) is 11.2 Å². The summed E-state index contributed by atoms with van der Waals surface area (Å²) in [5, 5.41) is 1.84. The van der Waals surface area contributed by atoms with Crippen molar-refractivity contribution in [2.24, 2.45) is 0 Å². The van der Waals surface area contributed by atoms with E-state index in [1.807, 2.05) is 29.6 Å². The fourth-order valence-electron chi connectivity index (χ4n) is 1.49. The van der Waals surface area contributed by atoms with Gasteiger partial charge in [-0.25, -0.2) is 0 Å². The molecule has 0 aliphatic rings. The lowest BCUT2D eigenvalue weighted by molar-refractivity contribution is -0.173. The van der Waals surface area contributed by atoms with E-state index >= 15 is 0 Å². The van der Waals surface area contributed by atoms with Crippen molar-refractivity contribution in [2.45, 2.75) is 32.4 Å². The lowest BCUT2D eigenvalue weighted by Gasteiger charge is -2.09. The van der Waals surface area contributed by atoms with Gasteiger partial charge in [-0.3, -0.25) is 4.79 Å². The molecule has 0 atom stereocenters. The fourth-order valence-corrected chi connectivity index (χ4v) is 1.49. The minimum Gasteiger partial charge on any atom is -0.348 e. The molecule has 0 aromatic heterocycles. The van der Waals surface area contributed by atoms with Crippen molar-refractivity contribution in [1.29, 1.82) is 0 Å². The van der Waals surface area contributed by atoms with Crippen molar-refractivity contribution in [2.75, 3.05) is 6.54 Å². The maximum atomic E-state index is 11.9. The third-order valence-electron chi connectivity index (χ3n) is 2.60. The van der Waals surface area contributed by atoms with Gasteiger partial charge < -0.3 is 5.32 Å². The first kappa shape index (κ1) is 14.5. The molecule has 0 heterocycles. The Hall–Kier alpha value is -1.52. The van der Waals surface area contributed by atoms with Gasteiger partial charge >= 0.3 is 12.1 Å². The Morgan fingerprint density at radius 3 is 2.22 bits per heavy atom. The Labute approximate surface area is 104 Å². The highest BCUT2D eigenvalue weighted by Gasteiger charge is 2.38. The van der Waals surface area contributed by atoms with Crippen LogP contribution in [0.25, 0.3) is 0 Å². The Balaban J connectivity index is 2.43. The standard InChI is InChI=1S/C13H16F3NO/c1-9(2)11-5-3-10(4-6-11)7-8-17-12(18)13(14,15)16/h3-6,9H,7-8H2,1-2H3,(H,17,18). The van der Waals surface area contributed by atoms with E-state index in [1.54, 1.807) is 0 Å². The summed E-state index contributed by atoms with van der Waals surface area (Å²) in [6, 6.07) is 7.64. The number of alkyl halides is 3. The van der Waals surface area contributed by atoms with Crippen molar-refractivity contribution in [3.05, 3.63) is 35.4 Å². The third-order valence-corrected chi connectivity index (χ3v) is 2.60. The number of amides is 1. The van der Waals surface area contributed by atoms with Crippen molar-refractivity contribution in [3.8, 4) is 0 Å². The van der Waals surface area contributed by atoms with Crippen molar-refractivity contribution >= 4 is 5.91 Å². The predicted octanol–water partition coefficient (Wildman–Crippen LogP) is 3.03. The lowest BCUT2D eigenvalue weighted by Crippen LogP contribution is -2.37. The molecule has 0 unspecified atom stereocenters. The summed E-state index contributed by atoms with van der Waals surface area (Å²) in [6.45, 7) is 4.12. The Morgan fingerprint density at radius 1 is 1.22 bits per heavy atom. The molecule has 1 amide bonds. The number of hydrogen-bond acceptors (Lipinski definition) is 1. The molecular formula is C13H16F3NO. The number of nitrogens with one attached hydrogen (secondary N) is 1. The van der Waals surface area contributed by atoms with E-state index in [2.05, 4.69) is 13.8 Å². The third kappa shape index (κ3) is 4.39. The quantitative estimate of drug-likeness (QED) is 0.884. The van der Waals surface area contributed by atoms with E-state index in [0.29, 0.717) is 12.3 Å². The summed E-state index contributed by atoms with van der Waals surface area (Å²) in [7, 11) is 0. The van der Waals surface area contributed by atoms with E-state index in [1.165, 1.54) is 5.56 Å². The fraction of sp³-hybridized carbons (Fsp3) is 0.462. The van der Waals surface area contributed by atoms with Gasteiger partial charge in [0.25, 0.3) is 0 Å². The predicted molar refractivity (Wildman–Crippen MR) is 63.3 cm³/mol. The van der Waals surface area contributed by atoms with E-state index in [-0.39, 0.29) is 6.54 Å². The summed E-state index contributed by atoms with van der Waals surface area (Å²) in [5.74, 6) is -1.47. The van der Waals surface area contributed by atoms with Crippen LogP contribution in [-0.4, -0.2) is 18.6 Å². The van der Waals surface area contributed by atoms with Crippen LogP contribution in [0, 0.1) is 0 Å². The average molecular weight is 259 g/mol. The van der Waals surface area contributed by atoms with Crippen LogP contribution in [0.2, 0.25) is 0 Å².